The lowest BCUT2D eigenvalue weighted by Gasteiger charge is -2.28. The van der Waals surface area contributed by atoms with Gasteiger partial charge in [-0.3, -0.25) is 4.79 Å². The van der Waals surface area contributed by atoms with Crippen LogP contribution in [0.4, 0.5) is 5.69 Å². The van der Waals surface area contributed by atoms with Crippen LogP contribution in [0, 0.1) is 12.8 Å². The molecule has 23 heavy (non-hydrogen) atoms. The molecule has 1 aliphatic carbocycles. The largest absolute Gasteiger partial charge is 0.475 e. The summed E-state index contributed by atoms with van der Waals surface area (Å²) in [6.45, 7) is 7.09. The van der Waals surface area contributed by atoms with E-state index in [0.717, 1.165) is 12.8 Å². The summed E-state index contributed by atoms with van der Waals surface area (Å²) in [6, 6.07) is 3.55. The van der Waals surface area contributed by atoms with Crippen LogP contribution in [0.5, 0.6) is 5.88 Å². The van der Waals surface area contributed by atoms with Gasteiger partial charge in [0.1, 0.15) is 12.2 Å². The van der Waals surface area contributed by atoms with E-state index in [2.05, 4.69) is 10.3 Å². The van der Waals surface area contributed by atoms with Crippen LogP contribution in [-0.2, 0) is 14.3 Å². The summed E-state index contributed by atoms with van der Waals surface area (Å²) in [4.78, 5) is 17.0. The normalized spacial score (nSPS) is 16.7. The Morgan fingerprint density at radius 2 is 2.13 bits per heavy atom. The minimum absolute atomic E-state index is 0.111. The Morgan fingerprint density at radius 1 is 1.39 bits per heavy atom. The van der Waals surface area contributed by atoms with Gasteiger partial charge >= 0.3 is 0 Å². The molecule has 0 saturated heterocycles. The molecule has 0 radical (unpaired) electrons. The van der Waals surface area contributed by atoms with E-state index in [4.69, 9.17) is 14.2 Å². The standard InChI is InChI=1S/C17H26N2O4/c1-5-23-17(3,13-6-7-13)16(20)19-14-8-9-15(18-12(14)2)22-11-10-21-4/h8-9,13H,5-7,10-11H2,1-4H3,(H,19,20). The van der Waals surface area contributed by atoms with Crippen molar-refractivity contribution in [2.75, 3.05) is 32.2 Å². The number of carbonyl (C=O) groups is 1. The van der Waals surface area contributed by atoms with E-state index in [1.807, 2.05) is 26.8 Å². The number of aromatic nitrogens is 1. The Balaban J connectivity index is 2.02. The molecule has 6 nitrogen and oxygen atoms in total. The highest BCUT2D eigenvalue weighted by molar-refractivity contribution is 5.98. The van der Waals surface area contributed by atoms with Gasteiger partial charge in [0, 0.05) is 19.8 Å². The van der Waals surface area contributed by atoms with Crippen LogP contribution in [0.1, 0.15) is 32.4 Å². The summed E-state index contributed by atoms with van der Waals surface area (Å²) in [5, 5.41) is 2.94. The summed E-state index contributed by atoms with van der Waals surface area (Å²) >= 11 is 0. The van der Waals surface area contributed by atoms with Crippen molar-refractivity contribution in [3.05, 3.63) is 17.8 Å². The zero-order chi connectivity index (χ0) is 16.9. The average molecular weight is 322 g/mol. The molecule has 0 aliphatic heterocycles. The Morgan fingerprint density at radius 3 is 2.70 bits per heavy atom. The first-order valence-electron chi connectivity index (χ1n) is 8.06. The molecule has 1 heterocycles. The molecule has 1 aliphatic rings. The smallest absolute Gasteiger partial charge is 0.256 e. The topological polar surface area (TPSA) is 69.7 Å². The molecule has 1 saturated carbocycles. The SMILES string of the molecule is CCOC(C)(C(=O)Nc1ccc(OCCOC)nc1C)C1CC1. The van der Waals surface area contributed by atoms with Gasteiger partial charge < -0.3 is 19.5 Å². The highest BCUT2D eigenvalue weighted by Gasteiger charge is 2.48. The minimum atomic E-state index is -0.769. The number of anilines is 1. The lowest BCUT2D eigenvalue weighted by molar-refractivity contribution is -0.141. The number of rotatable bonds is 9. The molecule has 128 valence electrons. The molecule has 1 unspecified atom stereocenters. The van der Waals surface area contributed by atoms with Crippen LogP contribution >= 0.6 is 0 Å². The predicted octanol–water partition coefficient (Wildman–Crippen LogP) is 2.56. The van der Waals surface area contributed by atoms with Gasteiger partial charge in [-0.1, -0.05) is 0 Å². The third kappa shape index (κ3) is 4.42. The van der Waals surface area contributed by atoms with Gasteiger partial charge in [-0.25, -0.2) is 4.98 Å². The Hall–Kier alpha value is -1.66. The molecule has 1 N–H and O–H groups in total. The number of pyridine rings is 1. The third-order valence-corrected chi connectivity index (χ3v) is 4.10. The molecule has 2 rings (SSSR count). The summed E-state index contributed by atoms with van der Waals surface area (Å²) in [5.41, 5.74) is 0.623. The summed E-state index contributed by atoms with van der Waals surface area (Å²) < 4.78 is 16.1. The van der Waals surface area contributed by atoms with Crippen LogP contribution in [0.25, 0.3) is 0 Å². The van der Waals surface area contributed by atoms with Crippen LogP contribution in [-0.4, -0.2) is 43.4 Å². The maximum absolute atomic E-state index is 12.6. The highest BCUT2D eigenvalue weighted by Crippen LogP contribution is 2.42. The van der Waals surface area contributed by atoms with Crippen molar-refractivity contribution in [2.45, 2.75) is 39.2 Å². The fourth-order valence-corrected chi connectivity index (χ4v) is 2.53. The van der Waals surface area contributed by atoms with Crippen LogP contribution in [0.15, 0.2) is 12.1 Å². The molecule has 1 fully saturated rings. The lowest BCUT2D eigenvalue weighted by Crippen LogP contribution is -2.45. The first kappa shape index (κ1) is 17.7. The Labute approximate surface area is 137 Å². The zero-order valence-electron chi connectivity index (χ0n) is 14.3. The maximum atomic E-state index is 12.6. The molecule has 1 amide bonds. The monoisotopic (exact) mass is 322 g/mol. The van der Waals surface area contributed by atoms with Crippen molar-refractivity contribution in [3.8, 4) is 5.88 Å². The van der Waals surface area contributed by atoms with Gasteiger partial charge in [0.25, 0.3) is 5.91 Å². The van der Waals surface area contributed by atoms with Crippen molar-refractivity contribution < 1.29 is 19.0 Å². The van der Waals surface area contributed by atoms with Crippen molar-refractivity contribution in [1.29, 1.82) is 0 Å². The van der Waals surface area contributed by atoms with Gasteiger partial charge in [0.05, 0.1) is 18.0 Å². The molecule has 6 heteroatoms. The number of hydrogen-bond donors (Lipinski definition) is 1. The highest BCUT2D eigenvalue weighted by atomic mass is 16.5. The summed E-state index contributed by atoms with van der Waals surface area (Å²) in [7, 11) is 1.62. The number of aryl methyl sites for hydroxylation is 1. The van der Waals surface area contributed by atoms with Crippen molar-refractivity contribution in [3.63, 3.8) is 0 Å². The van der Waals surface area contributed by atoms with Crippen molar-refractivity contribution >= 4 is 11.6 Å². The van der Waals surface area contributed by atoms with Gasteiger partial charge in [-0.15, -0.1) is 0 Å². The molecule has 1 atom stereocenters. The number of nitrogens with one attached hydrogen (secondary N) is 1. The number of methoxy groups -OCH3 is 1. The number of hydrogen-bond acceptors (Lipinski definition) is 5. The van der Waals surface area contributed by atoms with E-state index < -0.39 is 5.60 Å². The number of ether oxygens (including phenoxy) is 3. The Bertz CT molecular complexity index is 545. The summed E-state index contributed by atoms with van der Waals surface area (Å²) in [6.07, 6.45) is 2.07. The fraction of sp³-hybridized carbons (Fsp3) is 0.647. The first-order chi connectivity index (χ1) is 11.0. The predicted molar refractivity (Wildman–Crippen MR) is 87.7 cm³/mol. The number of amides is 1. The van der Waals surface area contributed by atoms with Gasteiger partial charge in [-0.2, -0.15) is 0 Å². The molecule has 0 spiro atoms. The quantitative estimate of drug-likeness (QED) is 0.708. The molecule has 0 aromatic carbocycles. The average Bonchev–Trinajstić information content (AvgIpc) is 3.35. The van der Waals surface area contributed by atoms with Crippen LogP contribution in [0.2, 0.25) is 0 Å². The number of nitrogens with zero attached hydrogens (tertiary/aromatic N) is 1. The van der Waals surface area contributed by atoms with Crippen molar-refractivity contribution in [1.82, 2.24) is 4.98 Å². The lowest BCUT2D eigenvalue weighted by atomic mass is 9.98. The van der Waals surface area contributed by atoms with Crippen LogP contribution in [0.3, 0.4) is 0 Å². The van der Waals surface area contributed by atoms with Gasteiger partial charge in [0.2, 0.25) is 5.88 Å². The van der Waals surface area contributed by atoms with Crippen LogP contribution < -0.4 is 10.1 Å². The number of carbonyl (C=O) groups excluding carboxylic acids is 1. The molecule has 1 aromatic rings. The Kier molecular flexibility index (Phi) is 5.96. The molecular formula is C17H26N2O4. The second kappa shape index (κ2) is 7.75. The molecular weight excluding hydrogens is 296 g/mol. The van der Waals surface area contributed by atoms with E-state index >= 15 is 0 Å². The molecule has 1 aromatic heterocycles. The second-order valence-electron chi connectivity index (χ2n) is 5.89. The zero-order valence-corrected chi connectivity index (χ0v) is 14.3. The van der Waals surface area contributed by atoms with E-state index in [0.29, 0.717) is 43.0 Å². The second-order valence-corrected chi connectivity index (χ2v) is 5.89. The maximum Gasteiger partial charge on any atom is 0.256 e. The van der Waals surface area contributed by atoms with Gasteiger partial charge in [0.15, 0.2) is 0 Å². The summed E-state index contributed by atoms with van der Waals surface area (Å²) in [5.74, 6) is 0.708. The fourth-order valence-electron chi connectivity index (χ4n) is 2.53. The van der Waals surface area contributed by atoms with Crippen molar-refractivity contribution in [2.24, 2.45) is 5.92 Å². The molecule has 0 bridgehead atoms. The third-order valence-electron chi connectivity index (χ3n) is 4.10. The minimum Gasteiger partial charge on any atom is -0.475 e. The van der Waals surface area contributed by atoms with Gasteiger partial charge in [-0.05, 0) is 45.6 Å². The van der Waals surface area contributed by atoms with E-state index in [9.17, 15) is 4.79 Å². The first-order valence-corrected chi connectivity index (χ1v) is 8.06. The van der Waals surface area contributed by atoms with E-state index in [1.54, 1.807) is 13.2 Å². The van der Waals surface area contributed by atoms with E-state index in [1.165, 1.54) is 0 Å². The van der Waals surface area contributed by atoms with E-state index in [-0.39, 0.29) is 5.91 Å².